The molecule has 1 aromatic rings. The minimum absolute atomic E-state index is 0.0981. The van der Waals surface area contributed by atoms with Crippen molar-refractivity contribution in [1.82, 2.24) is 9.97 Å². The fourth-order valence-corrected chi connectivity index (χ4v) is 3.23. The molecule has 3 rings (SSSR count). The lowest BCUT2D eigenvalue weighted by Gasteiger charge is -2.19. The summed E-state index contributed by atoms with van der Waals surface area (Å²) in [4.78, 5) is 9.77. The highest BCUT2D eigenvalue weighted by atomic mass is 16.5. The van der Waals surface area contributed by atoms with E-state index in [1.807, 2.05) is 0 Å². The van der Waals surface area contributed by atoms with Gasteiger partial charge in [0.25, 0.3) is 0 Å². The molecule has 2 aliphatic carbocycles. The van der Waals surface area contributed by atoms with Crippen molar-refractivity contribution in [3.63, 3.8) is 0 Å². The van der Waals surface area contributed by atoms with Gasteiger partial charge in [-0.15, -0.1) is 0 Å². The Labute approximate surface area is 127 Å². The van der Waals surface area contributed by atoms with Crippen LogP contribution >= 0.6 is 0 Å². The fraction of sp³-hybridized carbons (Fsp3) is 0.765. The summed E-state index contributed by atoms with van der Waals surface area (Å²) in [6.07, 6.45) is 8.61. The predicted molar refractivity (Wildman–Crippen MR) is 84.5 cm³/mol. The number of hydrogen-bond acceptors (Lipinski definition) is 4. The number of anilines is 1. The van der Waals surface area contributed by atoms with Crippen molar-refractivity contribution < 1.29 is 4.74 Å². The fourth-order valence-electron chi connectivity index (χ4n) is 3.23. The standard InChI is InChI=1S/C17H27N3O/c1-3-18-16-13-8-6-5-7-9-14(13)19-17(20-16)15(21-4-2)12-10-11-12/h12,15H,3-11H2,1-2H3,(H,18,19,20). The molecule has 1 fully saturated rings. The summed E-state index contributed by atoms with van der Waals surface area (Å²) in [5.41, 5.74) is 2.61. The molecule has 4 heteroatoms. The number of nitrogens with one attached hydrogen (secondary N) is 1. The zero-order chi connectivity index (χ0) is 14.7. The zero-order valence-corrected chi connectivity index (χ0v) is 13.3. The van der Waals surface area contributed by atoms with Gasteiger partial charge in [-0.05, 0) is 58.3 Å². The molecule has 1 saturated carbocycles. The lowest BCUT2D eigenvalue weighted by molar-refractivity contribution is 0.0399. The van der Waals surface area contributed by atoms with Gasteiger partial charge in [-0.2, -0.15) is 0 Å². The number of fused-ring (bicyclic) bond motifs is 1. The smallest absolute Gasteiger partial charge is 0.160 e. The minimum atomic E-state index is 0.0981. The van der Waals surface area contributed by atoms with Gasteiger partial charge in [0.1, 0.15) is 11.9 Å². The van der Waals surface area contributed by atoms with Crippen molar-refractivity contribution >= 4 is 5.82 Å². The lowest BCUT2D eigenvalue weighted by Crippen LogP contribution is -2.16. The third-order valence-corrected chi connectivity index (χ3v) is 4.45. The normalized spacial score (nSPS) is 19.7. The van der Waals surface area contributed by atoms with Gasteiger partial charge in [-0.25, -0.2) is 9.97 Å². The van der Waals surface area contributed by atoms with Crippen LogP contribution < -0.4 is 5.32 Å². The summed E-state index contributed by atoms with van der Waals surface area (Å²) in [6.45, 7) is 5.83. The first kappa shape index (κ1) is 14.8. The molecule has 0 aliphatic heterocycles. The van der Waals surface area contributed by atoms with Crippen LogP contribution in [0.5, 0.6) is 0 Å². The molecular formula is C17H27N3O. The van der Waals surface area contributed by atoms with Crippen molar-refractivity contribution in [1.29, 1.82) is 0 Å². The van der Waals surface area contributed by atoms with Crippen molar-refractivity contribution in [3.05, 3.63) is 17.1 Å². The molecule has 1 unspecified atom stereocenters. The molecule has 1 aromatic heterocycles. The van der Waals surface area contributed by atoms with Crippen molar-refractivity contribution in [2.24, 2.45) is 5.92 Å². The van der Waals surface area contributed by atoms with E-state index in [0.717, 1.165) is 37.6 Å². The Balaban J connectivity index is 1.96. The van der Waals surface area contributed by atoms with Crippen LogP contribution in [0.2, 0.25) is 0 Å². The number of aromatic nitrogens is 2. The van der Waals surface area contributed by atoms with Gasteiger partial charge in [-0.3, -0.25) is 0 Å². The summed E-state index contributed by atoms with van der Waals surface area (Å²) >= 11 is 0. The molecule has 1 heterocycles. The summed E-state index contributed by atoms with van der Waals surface area (Å²) in [5, 5.41) is 3.45. The summed E-state index contributed by atoms with van der Waals surface area (Å²) in [5.74, 6) is 2.60. The molecule has 0 spiro atoms. The maximum absolute atomic E-state index is 5.95. The van der Waals surface area contributed by atoms with Crippen LogP contribution in [0.3, 0.4) is 0 Å². The van der Waals surface area contributed by atoms with Gasteiger partial charge in [-0.1, -0.05) is 6.42 Å². The van der Waals surface area contributed by atoms with Crippen molar-refractivity contribution in [3.8, 4) is 0 Å². The first-order valence-electron chi connectivity index (χ1n) is 8.58. The number of rotatable bonds is 6. The van der Waals surface area contributed by atoms with Gasteiger partial charge < -0.3 is 10.1 Å². The van der Waals surface area contributed by atoms with Gasteiger partial charge in [0.15, 0.2) is 5.82 Å². The number of ether oxygens (including phenoxy) is 1. The van der Waals surface area contributed by atoms with E-state index in [-0.39, 0.29) is 6.10 Å². The van der Waals surface area contributed by atoms with E-state index < -0.39 is 0 Å². The second-order valence-electron chi connectivity index (χ2n) is 6.16. The van der Waals surface area contributed by atoms with E-state index in [0.29, 0.717) is 5.92 Å². The van der Waals surface area contributed by atoms with Crippen LogP contribution in [0, 0.1) is 5.92 Å². The molecule has 21 heavy (non-hydrogen) atoms. The Morgan fingerprint density at radius 3 is 2.67 bits per heavy atom. The average molecular weight is 289 g/mol. The molecule has 0 bridgehead atoms. The molecule has 116 valence electrons. The van der Waals surface area contributed by atoms with E-state index in [1.165, 1.54) is 43.4 Å². The van der Waals surface area contributed by atoms with Crippen LogP contribution in [-0.4, -0.2) is 23.1 Å². The van der Waals surface area contributed by atoms with Crippen LogP contribution in [0.15, 0.2) is 0 Å². The molecule has 4 nitrogen and oxygen atoms in total. The molecule has 0 amide bonds. The third-order valence-electron chi connectivity index (χ3n) is 4.45. The van der Waals surface area contributed by atoms with Crippen LogP contribution in [0.1, 0.15) is 69.1 Å². The van der Waals surface area contributed by atoms with E-state index in [4.69, 9.17) is 14.7 Å². The minimum Gasteiger partial charge on any atom is -0.370 e. The number of hydrogen-bond donors (Lipinski definition) is 1. The summed E-state index contributed by atoms with van der Waals surface area (Å²) in [7, 11) is 0. The Morgan fingerprint density at radius 2 is 1.95 bits per heavy atom. The molecule has 0 radical (unpaired) electrons. The SMILES string of the molecule is CCNc1nc(C(OCC)C2CC2)nc2c1CCCCC2. The molecule has 2 aliphatic rings. The summed E-state index contributed by atoms with van der Waals surface area (Å²) in [6, 6.07) is 0. The van der Waals surface area contributed by atoms with Gasteiger partial charge in [0.2, 0.25) is 0 Å². The third kappa shape index (κ3) is 3.37. The quantitative estimate of drug-likeness (QED) is 0.812. The van der Waals surface area contributed by atoms with Gasteiger partial charge >= 0.3 is 0 Å². The van der Waals surface area contributed by atoms with E-state index in [1.54, 1.807) is 0 Å². The number of aryl methyl sites for hydroxylation is 1. The first-order valence-corrected chi connectivity index (χ1v) is 8.58. The Hall–Kier alpha value is -1.16. The number of nitrogens with zero attached hydrogens (tertiary/aromatic N) is 2. The topological polar surface area (TPSA) is 47.0 Å². The second-order valence-corrected chi connectivity index (χ2v) is 6.16. The Kier molecular flexibility index (Phi) is 4.73. The molecular weight excluding hydrogens is 262 g/mol. The monoisotopic (exact) mass is 289 g/mol. The van der Waals surface area contributed by atoms with E-state index in [2.05, 4.69) is 19.2 Å². The highest BCUT2D eigenvalue weighted by molar-refractivity contribution is 5.47. The predicted octanol–water partition coefficient (Wildman–Crippen LogP) is 3.66. The maximum atomic E-state index is 5.95. The molecule has 0 saturated heterocycles. The van der Waals surface area contributed by atoms with Crippen LogP contribution in [0.25, 0.3) is 0 Å². The molecule has 0 aromatic carbocycles. The molecule has 1 N–H and O–H groups in total. The van der Waals surface area contributed by atoms with E-state index >= 15 is 0 Å². The Bertz CT molecular complexity index is 485. The maximum Gasteiger partial charge on any atom is 0.160 e. The lowest BCUT2D eigenvalue weighted by atomic mass is 10.1. The highest BCUT2D eigenvalue weighted by Crippen LogP contribution is 2.43. The van der Waals surface area contributed by atoms with Gasteiger partial charge in [0, 0.05) is 24.4 Å². The second kappa shape index (κ2) is 6.73. The largest absolute Gasteiger partial charge is 0.370 e. The zero-order valence-electron chi connectivity index (χ0n) is 13.3. The Morgan fingerprint density at radius 1 is 1.14 bits per heavy atom. The van der Waals surface area contributed by atoms with Crippen molar-refractivity contribution in [2.75, 3.05) is 18.5 Å². The van der Waals surface area contributed by atoms with Crippen LogP contribution in [-0.2, 0) is 17.6 Å². The van der Waals surface area contributed by atoms with Gasteiger partial charge in [0.05, 0.1) is 0 Å². The average Bonchev–Trinajstić information content (AvgIpc) is 3.31. The van der Waals surface area contributed by atoms with E-state index in [9.17, 15) is 0 Å². The van der Waals surface area contributed by atoms with Crippen LogP contribution in [0.4, 0.5) is 5.82 Å². The highest BCUT2D eigenvalue weighted by Gasteiger charge is 2.35. The summed E-state index contributed by atoms with van der Waals surface area (Å²) < 4.78 is 5.95. The van der Waals surface area contributed by atoms with Crippen molar-refractivity contribution in [2.45, 2.75) is 64.9 Å². The molecule has 1 atom stereocenters. The first-order chi connectivity index (χ1) is 10.3.